The van der Waals surface area contributed by atoms with Crippen LogP contribution < -0.4 is 4.90 Å². The van der Waals surface area contributed by atoms with Crippen LogP contribution in [0.3, 0.4) is 0 Å². The number of aliphatic hydroxyl groups excluding tert-OH is 1. The first-order valence-electron chi connectivity index (χ1n) is 6.00. The predicted octanol–water partition coefficient (Wildman–Crippen LogP) is 1.25. The first kappa shape index (κ1) is 11.3. The maximum absolute atomic E-state index is 8.92. The van der Waals surface area contributed by atoms with Gasteiger partial charge in [0.05, 0.1) is 0 Å². The lowest BCUT2D eigenvalue weighted by atomic mass is 10.1. The van der Waals surface area contributed by atoms with Crippen LogP contribution >= 0.6 is 0 Å². The van der Waals surface area contributed by atoms with Gasteiger partial charge in [0.15, 0.2) is 0 Å². The number of aliphatic hydroxyl groups is 1. The van der Waals surface area contributed by atoms with Crippen molar-refractivity contribution in [3.05, 3.63) is 18.1 Å². The summed E-state index contributed by atoms with van der Waals surface area (Å²) in [6.07, 6.45) is 4.66. The quantitative estimate of drug-likeness (QED) is 0.831. The van der Waals surface area contributed by atoms with Gasteiger partial charge in [0.25, 0.3) is 0 Å². The van der Waals surface area contributed by atoms with Gasteiger partial charge in [0.1, 0.15) is 12.1 Å². The summed E-state index contributed by atoms with van der Waals surface area (Å²) in [5.74, 6) is 1.65. The summed E-state index contributed by atoms with van der Waals surface area (Å²) < 4.78 is 0. The maximum Gasteiger partial charge on any atom is 0.132 e. The number of aryl methyl sites for hydroxylation is 1. The monoisotopic (exact) mass is 221 g/mol. The van der Waals surface area contributed by atoms with Crippen LogP contribution in [0.25, 0.3) is 0 Å². The lowest BCUT2D eigenvalue weighted by Crippen LogP contribution is -2.21. The highest BCUT2D eigenvalue weighted by Crippen LogP contribution is 2.24. The molecule has 1 aromatic rings. The number of nitrogens with zero attached hydrogens (tertiary/aromatic N) is 3. The van der Waals surface area contributed by atoms with E-state index < -0.39 is 0 Å². The fraction of sp³-hybridized carbons (Fsp3) is 0.667. The molecule has 0 amide bonds. The molecule has 1 saturated heterocycles. The highest BCUT2D eigenvalue weighted by Gasteiger charge is 2.22. The van der Waals surface area contributed by atoms with Gasteiger partial charge >= 0.3 is 0 Å². The Labute approximate surface area is 96.3 Å². The molecule has 1 aliphatic heterocycles. The lowest BCUT2D eigenvalue weighted by Gasteiger charge is -2.17. The molecule has 4 heteroatoms. The molecule has 0 spiro atoms. The molecule has 2 rings (SSSR count). The molecule has 1 unspecified atom stereocenters. The zero-order chi connectivity index (χ0) is 11.4. The van der Waals surface area contributed by atoms with Crippen molar-refractivity contribution in [1.82, 2.24) is 9.97 Å². The number of anilines is 1. The van der Waals surface area contributed by atoms with Gasteiger partial charge in [-0.3, -0.25) is 0 Å². The number of hydrogen-bond donors (Lipinski definition) is 1. The van der Waals surface area contributed by atoms with Gasteiger partial charge in [-0.1, -0.05) is 6.92 Å². The van der Waals surface area contributed by atoms with Gasteiger partial charge in [-0.05, 0) is 25.2 Å². The van der Waals surface area contributed by atoms with Crippen LogP contribution in [0.1, 0.15) is 25.5 Å². The van der Waals surface area contributed by atoms with E-state index >= 15 is 0 Å². The second-order valence-corrected chi connectivity index (χ2v) is 4.33. The minimum atomic E-state index is 0.294. The fourth-order valence-corrected chi connectivity index (χ4v) is 2.21. The van der Waals surface area contributed by atoms with Gasteiger partial charge in [-0.25, -0.2) is 9.97 Å². The molecule has 1 N–H and O–H groups in total. The van der Waals surface area contributed by atoms with E-state index in [0.29, 0.717) is 12.5 Å². The smallest absolute Gasteiger partial charge is 0.132 e. The zero-order valence-electron chi connectivity index (χ0n) is 9.76. The van der Waals surface area contributed by atoms with Crippen molar-refractivity contribution < 1.29 is 5.11 Å². The summed E-state index contributed by atoms with van der Waals surface area (Å²) >= 11 is 0. The molecule has 1 aliphatic rings. The van der Waals surface area contributed by atoms with Crippen molar-refractivity contribution in [3.63, 3.8) is 0 Å². The van der Waals surface area contributed by atoms with E-state index in [0.717, 1.165) is 43.9 Å². The molecule has 0 saturated carbocycles. The fourth-order valence-electron chi connectivity index (χ4n) is 2.21. The average molecular weight is 221 g/mol. The largest absolute Gasteiger partial charge is 0.396 e. The Bertz CT molecular complexity index is 343. The maximum atomic E-state index is 8.92. The first-order valence-corrected chi connectivity index (χ1v) is 6.00. The van der Waals surface area contributed by atoms with Crippen LogP contribution in [0.5, 0.6) is 0 Å². The van der Waals surface area contributed by atoms with E-state index in [2.05, 4.69) is 27.9 Å². The Morgan fingerprint density at radius 1 is 1.50 bits per heavy atom. The third kappa shape index (κ3) is 2.50. The molecular formula is C12H19N3O. The topological polar surface area (TPSA) is 49.2 Å². The molecule has 4 nitrogen and oxygen atoms in total. The minimum Gasteiger partial charge on any atom is -0.396 e. The summed E-state index contributed by atoms with van der Waals surface area (Å²) in [7, 11) is 0. The van der Waals surface area contributed by atoms with E-state index in [-0.39, 0.29) is 0 Å². The molecular weight excluding hydrogens is 202 g/mol. The SMILES string of the molecule is CCc1cc(N2CCC(CCO)C2)ncn1. The number of rotatable bonds is 4. The molecule has 88 valence electrons. The lowest BCUT2D eigenvalue weighted by molar-refractivity contribution is 0.263. The van der Waals surface area contributed by atoms with E-state index in [1.165, 1.54) is 0 Å². The molecule has 2 heterocycles. The summed E-state index contributed by atoms with van der Waals surface area (Å²) in [5.41, 5.74) is 1.09. The molecule has 1 fully saturated rings. The van der Waals surface area contributed by atoms with Crippen molar-refractivity contribution in [2.24, 2.45) is 5.92 Å². The van der Waals surface area contributed by atoms with Crippen molar-refractivity contribution in [3.8, 4) is 0 Å². The Hall–Kier alpha value is -1.16. The van der Waals surface area contributed by atoms with Crippen molar-refractivity contribution in [2.45, 2.75) is 26.2 Å². The molecule has 0 aliphatic carbocycles. The summed E-state index contributed by atoms with van der Waals surface area (Å²) in [6, 6.07) is 2.07. The van der Waals surface area contributed by atoms with Crippen LogP contribution in [0.2, 0.25) is 0 Å². The second kappa shape index (κ2) is 5.25. The van der Waals surface area contributed by atoms with E-state index in [9.17, 15) is 0 Å². The van der Waals surface area contributed by atoms with E-state index in [4.69, 9.17) is 5.11 Å². The van der Waals surface area contributed by atoms with Crippen LogP contribution in [0.15, 0.2) is 12.4 Å². The van der Waals surface area contributed by atoms with Crippen LogP contribution in [0.4, 0.5) is 5.82 Å². The Balaban J connectivity index is 2.02. The van der Waals surface area contributed by atoms with Crippen molar-refractivity contribution in [1.29, 1.82) is 0 Å². The highest BCUT2D eigenvalue weighted by molar-refractivity contribution is 5.40. The Morgan fingerprint density at radius 2 is 2.38 bits per heavy atom. The minimum absolute atomic E-state index is 0.294. The van der Waals surface area contributed by atoms with Gasteiger partial charge in [-0.15, -0.1) is 0 Å². The summed E-state index contributed by atoms with van der Waals surface area (Å²) in [4.78, 5) is 10.8. The second-order valence-electron chi connectivity index (χ2n) is 4.33. The van der Waals surface area contributed by atoms with Crippen LogP contribution in [0, 0.1) is 5.92 Å². The van der Waals surface area contributed by atoms with E-state index in [1.54, 1.807) is 6.33 Å². The van der Waals surface area contributed by atoms with Gasteiger partial charge in [0.2, 0.25) is 0 Å². The predicted molar refractivity (Wildman–Crippen MR) is 63.4 cm³/mol. The van der Waals surface area contributed by atoms with Gasteiger partial charge < -0.3 is 10.0 Å². The third-order valence-electron chi connectivity index (χ3n) is 3.22. The van der Waals surface area contributed by atoms with Crippen LogP contribution in [-0.4, -0.2) is 34.8 Å². The van der Waals surface area contributed by atoms with Gasteiger partial charge in [-0.2, -0.15) is 0 Å². The Morgan fingerprint density at radius 3 is 3.12 bits per heavy atom. The molecule has 0 radical (unpaired) electrons. The molecule has 1 atom stereocenters. The molecule has 0 bridgehead atoms. The molecule has 1 aromatic heterocycles. The van der Waals surface area contributed by atoms with Crippen LogP contribution in [-0.2, 0) is 6.42 Å². The zero-order valence-corrected chi connectivity index (χ0v) is 9.76. The molecule has 16 heavy (non-hydrogen) atoms. The van der Waals surface area contributed by atoms with Gasteiger partial charge in [0, 0.05) is 31.5 Å². The standard InChI is InChI=1S/C12H19N3O/c1-2-11-7-12(14-9-13-11)15-5-3-10(8-15)4-6-16/h7,9-10,16H,2-6,8H2,1H3. The number of aromatic nitrogens is 2. The van der Waals surface area contributed by atoms with Crippen molar-refractivity contribution >= 4 is 5.82 Å². The highest BCUT2D eigenvalue weighted by atomic mass is 16.3. The summed E-state index contributed by atoms with van der Waals surface area (Å²) in [5, 5.41) is 8.92. The normalized spacial score (nSPS) is 20.4. The number of hydrogen-bond acceptors (Lipinski definition) is 4. The average Bonchev–Trinajstić information content (AvgIpc) is 2.78. The summed E-state index contributed by atoms with van der Waals surface area (Å²) in [6.45, 7) is 4.46. The van der Waals surface area contributed by atoms with Crippen molar-refractivity contribution in [2.75, 3.05) is 24.6 Å². The molecule has 0 aromatic carbocycles. The first-order chi connectivity index (χ1) is 7.83. The third-order valence-corrected chi connectivity index (χ3v) is 3.22. The Kier molecular flexibility index (Phi) is 3.72. The van der Waals surface area contributed by atoms with E-state index in [1.807, 2.05) is 0 Å².